The first kappa shape index (κ1) is 13.4. The molecule has 2 aromatic heterocycles. The molecule has 3 nitrogen and oxygen atoms in total. The molecule has 2 heterocycles. The maximum atomic E-state index is 5.27. The molecule has 0 atom stereocenters. The maximum Gasteiger partial charge on any atom is 0.144 e. The van der Waals surface area contributed by atoms with E-state index in [1.165, 1.54) is 5.56 Å². The number of hydrogen-bond donors (Lipinski definition) is 1. The van der Waals surface area contributed by atoms with Crippen LogP contribution in [0.5, 0.6) is 0 Å². The number of rotatable bonds is 3. The Labute approximate surface area is 120 Å². The van der Waals surface area contributed by atoms with Crippen molar-refractivity contribution in [2.75, 3.05) is 0 Å². The first-order valence-electron chi connectivity index (χ1n) is 5.75. The van der Waals surface area contributed by atoms with Crippen LogP contribution >= 0.6 is 28.1 Å². The average Bonchev–Trinajstić information content (AvgIpc) is 2.34. The normalized spacial score (nSPS) is 10.9. The molecule has 0 fully saturated rings. The van der Waals surface area contributed by atoms with Crippen molar-refractivity contribution in [3.8, 4) is 0 Å². The van der Waals surface area contributed by atoms with E-state index in [0.717, 1.165) is 22.4 Å². The molecule has 0 aliphatic carbocycles. The zero-order chi connectivity index (χ0) is 13.1. The molecule has 0 aliphatic heterocycles. The van der Waals surface area contributed by atoms with Gasteiger partial charge in [0.2, 0.25) is 0 Å². The quantitative estimate of drug-likeness (QED) is 0.867. The summed E-state index contributed by atoms with van der Waals surface area (Å²) in [5.74, 6) is 1.26. The van der Waals surface area contributed by atoms with E-state index >= 15 is 0 Å². The molecule has 0 bridgehead atoms. The summed E-state index contributed by atoms with van der Waals surface area (Å²) >= 11 is 8.77. The number of H-pyrrole nitrogens is 1. The summed E-state index contributed by atoms with van der Waals surface area (Å²) < 4.78 is 1.51. The van der Waals surface area contributed by atoms with Crippen molar-refractivity contribution in [3.05, 3.63) is 50.7 Å². The summed E-state index contributed by atoms with van der Waals surface area (Å²) in [5, 5.41) is 0. The maximum absolute atomic E-state index is 5.27. The van der Waals surface area contributed by atoms with Crippen LogP contribution in [0.4, 0.5) is 0 Å². The van der Waals surface area contributed by atoms with E-state index in [1.54, 1.807) is 12.4 Å². The van der Waals surface area contributed by atoms with Crippen molar-refractivity contribution in [1.82, 2.24) is 15.0 Å². The molecule has 5 heteroatoms. The minimum Gasteiger partial charge on any atom is -0.346 e. The van der Waals surface area contributed by atoms with E-state index in [9.17, 15) is 0 Å². The van der Waals surface area contributed by atoms with E-state index in [-0.39, 0.29) is 0 Å². The van der Waals surface area contributed by atoms with Crippen LogP contribution in [0.1, 0.15) is 36.8 Å². The van der Waals surface area contributed by atoms with Gasteiger partial charge in [-0.1, -0.05) is 26.1 Å². The molecule has 0 aliphatic rings. The average molecular weight is 324 g/mol. The second-order valence-electron chi connectivity index (χ2n) is 4.40. The molecular weight excluding hydrogens is 310 g/mol. The minimum absolute atomic E-state index is 0.375. The summed E-state index contributed by atoms with van der Waals surface area (Å²) in [6, 6.07) is 3.96. The molecule has 94 valence electrons. The molecule has 0 saturated heterocycles. The van der Waals surface area contributed by atoms with Gasteiger partial charge in [-0.15, -0.1) is 0 Å². The summed E-state index contributed by atoms with van der Waals surface area (Å²) in [6.07, 6.45) is 4.30. The summed E-state index contributed by atoms with van der Waals surface area (Å²) in [4.78, 5) is 11.8. The minimum atomic E-state index is 0.375. The SMILES string of the molecule is CC(C)c1[nH]c(Cc2ccncc2)nc(=S)c1Br. The Balaban J connectivity index is 2.38. The molecule has 0 unspecified atom stereocenters. The lowest BCUT2D eigenvalue weighted by atomic mass is 10.1. The Bertz CT molecular complexity index is 593. The predicted octanol–water partition coefficient (Wildman–Crippen LogP) is 4.01. The third kappa shape index (κ3) is 3.03. The van der Waals surface area contributed by atoms with Gasteiger partial charge in [0, 0.05) is 24.5 Å². The van der Waals surface area contributed by atoms with Crippen LogP contribution in [-0.4, -0.2) is 15.0 Å². The highest BCUT2D eigenvalue weighted by atomic mass is 79.9. The third-order valence-electron chi connectivity index (χ3n) is 2.64. The first-order valence-corrected chi connectivity index (χ1v) is 6.95. The van der Waals surface area contributed by atoms with E-state index in [0.29, 0.717) is 10.6 Å². The second kappa shape index (κ2) is 5.71. The molecule has 18 heavy (non-hydrogen) atoms. The number of aromatic nitrogens is 3. The predicted molar refractivity (Wildman–Crippen MR) is 78.3 cm³/mol. The number of nitrogens with zero attached hydrogens (tertiary/aromatic N) is 2. The van der Waals surface area contributed by atoms with Gasteiger partial charge in [-0.3, -0.25) is 4.98 Å². The number of aromatic amines is 1. The van der Waals surface area contributed by atoms with Gasteiger partial charge in [-0.2, -0.15) is 0 Å². The molecule has 0 amide bonds. The van der Waals surface area contributed by atoms with Crippen LogP contribution in [0.3, 0.4) is 0 Å². The van der Waals surface area contributed by atoms with Gasteiger partial charge in [0.15, 0.2) is 0 Å². The van der Waals surface area contributed by atoms with E-state index in [1.807, 2.05) is 12.1 Å². The van der Waals surface area contributed by atoms with Gasteiger partial charge < -0.3 is 4.98 Å². The Morgan fingerprint density at radius 3 is 2.61 bits per heavy atom. The lowest BCUT2D eigenvalue weighted by molar-refractivity contribution is 0.780. The van der Waals surface area contributed by atoms with E-state index in [4.69, 9.17) is 12.2 Å². The Kier molecular flexibility index (Phi) is 4.24. The fraction of sp³-hybridized carbons (Fsp3) is 0.308. The van der Waals surface area contributed by atoms with Crippen molar-refractivity contribution in [2.24, 2.45) is 0 Å². The largest absolute Gasteiger partial charge is 0.346 e. The van der Waals surface area contributed by atoms with Crippen molar-refractivity contribution < 1.29 is 0 Å². The highest BCUT2D eigenvalue weighted by Gasteiger charge is 2.10. The van der Waals surface area contributed by atoms with Gasteiger partial charge in [-0.25, -0.2) is 4.98 Å². The molecule has 2 aromatic rings. The van der Waals surface area contributed by atoms with Crippen molar-refractivity contribution >= 4 is 28.1 Å². The first-order chi connectivity index (χ1) is 8.58. The van der Waals surface area contributed by atoms with Gasteiger partial charge in [0.25, 0.3) is 0 Å². The highest BCUT2D eigenvalue weighted by molar-refractivity contribution is 9.10. The molecule has 0 aromatic carbocycles. The zero-order valence-corrected chi connectivity index (χ0v) is 12.7. The Hall–Kier alpha value is -1.07. The number of nitrogens with one attached hydrogen (secondary N) is 1. The smallest absolute Gasteiger partial charge is 0.144 e. The van der Waals surface area contributed by atoms with Crippen LogP contribution in [0.2, 0.25) is 0 Å². The van der Waals surface area contributed by atoms with Crippen LogP contribution in [-0.2, 0) is 6.42 Å². The molecule has 2 rings (SSSR count). The van der Waals surface area contributed by atoms with Crippen molar-refractivity contribution in [1.29, 1.82) is 0 Å². The number of pyridine rings is 1. The number of hydrogen-bond acceptors (Lipinski definition) is 3. The lowest BCUT2D eigenvalue weighted by Gasteiger charge is -2.11. The fourth-order valence-electron chi connectivity index (χ4n) is 1.70. The van der Waals surface area contributed by atoms with Crippen LogP contribution in [0.15, 0.2) is 29.0 Å². The van der Waals surface area contributed by atoms with Crippen molar-refractivity contribution in [3.63, 3.8) is 0 Å². The van der Waals surface area contributed by atoms with Crippen LogP contribution in [0.25, 0.3) is 0 Å². The van der Waals surface area contributed by atoms with E-state index in [2.05, 4.69) is 44.7 Å². The second-order valence-corrected chi connectivity index (χ2v) is 5.58. The molecule has 0 spiro atoms. The van der Waals surface area contributed by atoms with Gasteiger partial charge in [0.05, 0.1) is 4.47 Å². The number of halogens is 1. The Morgan fingerprint density at radius 1 is 1.33 bits per heavy atom. The van der Waals surface area contributed by atoms with Crippen LogP contribution < -0.4 is 0 Å². The summed E-state index contributed by atoms with van der Waals surface area (Å²) in [7, 11) is 0. The van der Waals surface area contributed by atoms with Crippen molar-refractivity contribution in [2.45, 2.75) is 26.2 Å². The summed E-state index contributed by atoms with van der Waals surface area (Å²) in [6.45, 7) is 4.25. The van der Waals surface area contributed by atoms with Crippen LogP contribution in [0, 0.1) is 4.64 Å². The summed E-state index contributed by atoms with van der Waals surface area (Å²) in [5.41, 5.74) is 2.26. The molecular formula is C13H14BrN3S. The standard InChI is InChI=1S/C13H14BrN3S/c1-8(2)12-11(14)13(18)17-10(16-12)7-9-3-5-15-6-4-9/h3-6,8H,7H2,1-2H3,(H,16,17,18). The fourth-order valence-corrected chi connectivity index (χ4v) is 2.57. The van der Waals surface area contributed by atoms with Gasteiger partial charge in [0.1, 0.15) is 10.5 Å². The van der Waals surface area contributed by atoms with Gasteiger partial charge >= 0.3 is 0 Å². The molecule has 0 saturated carbocycles. The topological polar surface area (TPSA) is 41.6 Å². The lowest BCUT2D eigenvalue weighted by Crippen LogP contribution is -2.04. The van der Waals surface area contributed by atoms with Gasteiger partial charge in [-0.05, 0) is 39.5 Å². The monoisotopic (exact) mass is 323 g/mol. The highest BCUT2D eigenvalue weighted by Crippen LogP contribution is 2.23. The molecule has 1 N–H and O–H groups in total. The van der Waals surface area contributed by atoms with E-state index < -0.39 is 0 Å². The third-order valence-corrected chi connectivity index (χ3v) is 4.00. The Morgan fingerprint density at radius 2 is 2.00 bits per heavy atom. The zero-order valence-electron chi connectivity index (χ0n) is 10.3. The molecule has 0 radical (unpaired) electrons.